The van der Waals surface area contributed by atoms with E-state index in [1.54, 1.807) is 0 Å². The SMILES string of the molecule is OC1(c2ccc3c(c2)CCCC3)CCNC1. The molecule has 0 saturated carbocycles. The van der Waals surface area contributed by atoms with Crippen molar-refractivity contribution in [1.82, 2.24) is 5.32 Å². The van der Waals surface area contributed by atoms with Gasteiger partial charge in [0.2, 0.25) is 0 Å². The fraction of sp³-hybridized carbons (Fsp3) is 0.571. The second-order valence-corrected chi connectivity index (χ2v) is 5.15. The normalized spacial score (nSPS) is 29.1. The molecule has 0 amide bonds. The van der Waals surface area contributed by atoms with Crippen LogP contribution in [-0.2, 0) is 18.4 Å². The molecule has 1 aliphatic heterocycles. The van der Waals surface area contributed by atoms with Crippen LogP contribution < -0.4 is 5.32 Å². The quantitative estimate of drug-likeness (QED) is 0.751. The van der Waals surface area contributed by atoms with Crippen molar-refractivity contribution in [3.8, 4) is 0 Å². The highest BCUT2D eigenvalue weighted by Gasteiger charge is 2.33. The molecule has 2 nitrogen and oxygen atoms in total. The average Bonchev–Trinajstić information content (AvgIpc) is 2.77. The minimum absolute atomic E-state index is 0.619. The maximum Gasteiger partial charge on any atom is 0.103 e. The molecule has 1 unspecified atom stereocenters. The first-order chi connectivity index (χ1) is 7.78. The molecular weight excluding hydrogens is 198 g/mol. The largest absolute Gasteiger partial charge is 0.384 e. The van der Waals surface area contributed by atoms with Gasteiger partial charge in [-0.1, -0.05) is 18.2 Å². The van der Waals surface area contributed by atoms with Gasteiger partial charge in [-0.3, -0.25) is 0 Å². The van der Waals surface area contributed by atoms with Crippen molar-refractivity contribution in [1.29, 1.82) is 0 Å². The summed E-state index contributed by atoms with van der Waals surface area (Å²) in [7, 11) is 0. The fourth-order valence-corrected chi connectivity index (χ4v) is 2.95. The van der Waals surface area contributed by atoms with Crippen LogP contribution in [0.2, 0.25) is 0 Å². The van der Waals surface area contributed by atoms with Gasteiger partial charge < -0.3 is 10.4 Å². The summed E-state index contributed by atoms with van der Waals surface area (Å²) in [4.78, 5) is 0. The Kier molecular flexibility index (Phi) is 2.49. The summed E-state index contributed by atoms with van der Waals surface area (Å²) in [5.74, 6) is 0. The molecule has 1 fully saturated rings. The number of hydrogen-bond donors (Lipinski definition) is 2. The Bertz CT molecular complexity index is 394. The third-order valence-electron chi connectivity index (χ3n) is 4.02. The molecule has 3 rings (SSSR count). The molecule has 1 aromatic rings. The summed E-state index contributed by atoms with van der Waals surface area (Å²) < 4.78 is 0. The van der Waals surface area contributed by atoms with Crippen molar-refractivity contribution in [3.05, 3.63) is 34.9 Å². The van der Waals surface area contributed by atoms with Crippen LogP contribution in [0, 0.1) is 0 Å². The van der Waals surface area contributed by atoms with Crippen LogP contribution in [-0.4, -0.2) is 18.2 Å². The number of nitrogens with one attached hydrogen (secondary N) is 1. The van der Waals surface area contributed by atoms with Crippen LogP contribution in [0.15, 0.2) is 18.2 Å². The Labute approximate surface area is 96.7 Å². The molecule has 0 radical (unpaired) electrons. The van der Waals surface area contributed by atoms with E-state index in [0.29, 0.717) is 6.54 Å². The molecule has 1 aromatic carbocycles. The second kappa shape index (κ2) is 3.86. The molecule has 0 aromatic heterocycles. The van der Waals surface area contributed by atoms with Gasteiger partial charge in [0.15, 0.2) is 0 Å². The van der Waals surface area contributed by atoms with Crippen LogP contribution in [0.3, 0.4) is 0 Å². The van der Waals surface area contributed by atoms with Crippen LogP contribution in [0.1, 0.15) is 36.0 Å². The Morgan fingerprint density at radius 1 is 1.12 bits per heavy atom. The fourth-order valence-electron chi connectivity index (χ4n) is 2.95. The Hall–Kier alpha value is -0.860. The monoisotopic (exact) mass is 217 g/mol. The van der Waals surface area contributed by atoms with Gasteiger partial charge in [-0.2, -0.15) is 0 Å². The first-order valence-corrected chi connectivity index (χ1v) is 6.33. The zero-order valence-corrected chi connectivity index (χ0v) is 9.63. The lowest BCUT2D eigenvalue weighted by Gasteiger charge is -2.25. The van der Waals surface area contributed by atoms with E-state index in [-0.39, 0.29) is 0 Å². The smallest absolute Gasteiger partial charge is 0.103 e. The van der Waals surface area contributed by atoms with E-state index < -0.39 is 5.60 Å². The van der Waals surface area contributed by atoms with Crippen molar-refractivity contribution in [2.24, 2.45) is 0 Å². The minimum Gasteiger partial charge on any atom is -0.384 e. The molecule has 2 heteroatoms. The average molecular weight is 217 g/mol. The summed E-state index contributed by atoms with van der Waals surface area (Å²) in [5.41, 5.74) is 3.44. The lowest BCUT2D eigenvalue weighted by atomic mass is 9.85. The third kappa shape index (κ3) is 1.66. The van der Waals surface area contributed by atoms with E-state index in [1.807, 2.05) is 0 Å². The predicted molar refractivity (Wildman–Crippen MR) is 64.5 cm³/mol. The van der Waals surface area contributed by atoms with Crippen molar-refractivity contribution >= 4 is 0 Å². The molecular formula is C14H19NO. The Morgan fingerprint density at radius 3 is 2.69 bits per heavy atom. The number of benzene rings is 1. The van der Waals surface area contributed by atoms with E-state index >= 15 is 0 Å². The third-order valence-corrected chi connectivity index (χ3v) is 4.02. The van der Waals surface area contributed by atoms with Gasteiger partial charge in [-0.25, -0.2) is 0 Å². The zero-order chi connectivity index (χ0) is 11.0. The van der Waals surface area contributed by atoms with Gasteiger partial charge in [-0.05, 0) is 55.3 Å². The molecule has 1 atom stereocenters. The highest BCUT2D eigenvalue weighted by Crippen LogP contribution is 2.31. The topological polar surface area (TPSA) is 32.3 Å². The van der Waals surface area contributed by atoms with E-state index in [4.69, 9.17) is 0 Å². The molecule has 1 heterocycles. The maximum atomic E-state index is 10.5. The standard InChI is InChI=1S/C14H19NO/c16-14(7-8-15-10-14)13-6-5-11-3-1-2-4-12(11)9-13/h5-6,9,15-16H,1-4,7-8,10H2. The summed E-state index contributed by atoms with van der Waals surface area (Å²) in [5, 5.41) is 13.7. The lowest BCUT2D eigenvalue weighted by Crippen LogP contribution is -2.28. The van der Waals surface area contributed by atoms with Crippen LogP contribution >= 0.6 is 0 Å². The number of aliphatic hydroxyl groups is 1. The van der Waals surface area contributed by atoms with Crippen molar-refractivity contribution in [2.45, 2.75) is 37.7 Å². The van der Waals surface area contributed by atoms with Gasteiger partial charge in [0.1, 0.15) is 5.60 Å². The van der Waals surface area contributed by atoms with E-state index in [9.17, 15) is 5.11 Å². The number of fused-ring (bicyclic) bond motifs is 1. The van der Waals surface area contributed by atoms with Crippen molar-refractivity contribution < 1.29 is 5.11 Å². The zero-order valence-electron chi connectivity index (χ0n) is 9.63. The predicted octanol–water partition coefficient (Wildman–Crippen LogP) is 1.75. The highest BCUT2D eigenvalue weighted by molar-refractivity contribution is 5.37. The first-order valence-electron chi connectivity index (χ1n) is 6.33. The summed E-state index contributed by atoms with van der Waals surface area (Å²) in [6.07, 6.45) is 5.86. The van der Waals surface area contributed by atoms with E-state index in [0.717, 1.165) is 18.5 Å². The molecule has 2 aliphatic rings. The highest BCUT2D eigenvalue weighted by atomic mass is 16.3. The molecule has 1 aliphatic carbocycles. The van der Waals surface area contributed by atoms with E-state index in [2.05, 4.69) is 23.5 Å². The molecule has 2 N–H and O–H groups in total. The van der Waals surface area contributed by atoms with Crippen LogP contribution in [0.25, 0.3) is 0 Å². The number of aryl methyl sites for hydroxylation is 2. The van der Waals surface area contributed by atoms with Gasteiger partial charge in [-0.15, -0.1) is 0 Å². The molecule has 16 heavy (non-hydrogen) atoms. The molecule has 1 saturated heterocycles. The Balaban J connectivity index is 1.96. The number of β-amino-alcohol motifs (C(OH)–C–C–N with tert-alkyl or cyclic N) is 1. The van der Waals surface area contributed by atoms with Gasteiger partial charge >= 0.3 is 0 Å². The molecule has 0 spiro atoms. The van der Waals surface area contributed by atoms with Gasteiger partial charge in [0.25, 0.3) is 0 Å². The number of rotatable bonds is 1. The van der Waals surface area contributed by atoms with Crippen molar-refractivity contribution in [3.63, 3.8) is 0 Å². The summed E-state index contributed by atoms with van der Waals surface area (Å²) in [6, 6.07) is 6.58. The summed E-state index contributed by atoms with van der Waals surface area (Å²) in [6.45, 7) is 1.62. The van der Waals surface area contributed by atoms with Crippen LogP contribution in [0.5, 0.6) is 0 Å². The van der Waals surface area contributed by atoms with Gasteiger partial charge in [0, 0.05) is 6.54 Å². The maximum absolute atomic E-state index is 10.5. The van der Waals surface area contributed by atoms with Crippen LogP contribution in [0.4, 0.5) is 0 Å². The van der Waals surface area contributed by atoms with E-state index in [1.165, 1.54) is 36.8 Å². The lowest BCUT2D eigenvalue weighted by molar-refractivity contribution is 0.0586. The summed E-state index contributed by atoms with van der Waals surface area (Å²) >= 11 is 0. The van der Waals surface area contributed by atoms with Crippen molar-refractivity contribution in [2.75, 3.05) is 13.1 Å². The minimum atomic E-state index is -0.619. The second-order valence-electron chi connectivity index (χ2n) is 5.15. The number of hydrogen-bond acceptors (Lipinski definition) is 2. The Morgan fingerprint density at radius 2 is 1.94 bits per heavy atom. The molecule has 86 valence electrons. The molecule has 0 bridgehead atoms. The van der Waals surface area contributed by atoms with Gasteiger partial charge in [0.05, 0.1) is 0 Å². The first kappa shape index (κ1) is 10.3.